The zero-order valence-electron chi connectivity index (χ0n) is 13.7. The van der Waals surface area contributed by atoms with Gasteiger partial charge in [-0.25, -0.2) is 0 Å². The monoisotopic (exact) mass is 432 g/mol. The lowest BCUT2D eigenvalue weighted by Gasteiger charge is -2.12. The minimum Gasteiger partial charge on any atom is -0.0622 e. The summed E-state index contributed by atoms with van der Waals surface area (Å²) in [6.07, 6.45) is 0. The molecule has 0 radical (unpaired) electrons. The van der Waals surface area contributed by atoms with Crippen LogP contribution in [0.25, 0.3) is 33.4 Å². The molecule has 0 aliphatic rings. The van der Waals surface area contributed by atoms with Gasteiger partial charge in [-0.1, -0.05) is 78.9 Å². The Hall–Kier alpha value is -2.39. The predicted molar refractivity (Wildman–Crippen MR) is 115 cm³/mol. The van der Waals surface area contributed by atoms with Crippen LogP contribution in [0.15, 0.2) is 103 Å². The van der Waals surface area contributed by atoms with Crippen molar-refractivity contribution in [2.24, 2.45) is 0 Å². The first-order valence-electron chi connectivity index (χ1n) is 8.32. The summed E-state index contributed by atoms with van der Waals surface area (Å²) in [5.74, 6) is 0. The molecule has 0 aliphatic carbocycles. The molecule has 0 saturated carbocycles. The maximum atomic E-state index is 2.42. The Bertz CT molecular complexity index is 931. The molecule has 4 aromatic rings. The second-order valence-electron chi connectivity index (χ2n) is 6.01. The Morgan fingerprint density at radius 2 is 0.840 bits per heavy atom. The van der Waals surface area contributed by atoms with Crippen LogP contribution in [-0.4, -0.2) is 0 Å². The van der Waals surface area contributed by atoms with Crippen molar-refractivity contribution in [1.29, 1.82) is 0 Å². The highest BCUT2D eigenvalue weighted by Gasteiger charge is 2.08. The van der Waals surface area contributed by atoms with Gasteiger partial charge in [0.05, 0.1) is 0 Å². The number of hydrogen-bond acceptors (Lipinski definition) is 0. The minimum atomic E-state index is 1.24. The first kappa shape index (κ1) is 16.1. The molecule has 0 N–H and O–H groups in total. The minimum absolute atomic E-state index is 1.24. The Kier molecular flexibility index (Phi) is 4.66. The van der Waals surface area contributed by atoms with E-state index in [1.165, 1.54) is 37.0 Å². The molecular weight excluding hydrogens is 415 g/mol. The molecule has 0 saturated heterocycles. The zero-order valence-corrected chi connectivity index (χ0v) is 15.9. The fraction of sp³-hybridized carbons (Fsp3) is 0. The first-order chi connectivity index (χ1) is 12.3. The maximum absolute atomic E-state index is 2.42. The molecule has 0 nitrogen and oxygen atoms in total. The van der Waals surface area contributed by atoms with Gasteiger partial charge in [-0.15, -0.1) is 0 Å². The van der Waals surface area contributed by atoms with Gasteiger partial charge >= 0.3 is 0 Å². The van der Waals surface area contributed by atoms with Gasteiger partial charge in [0.2, 0.25) is 0 Å². The van der Waals surface area contributed by atoms with Gasteiger partial charge in [0.15, 0.2) is 0 Å². The molecule has 4 aromatic carbocycles. The van der Waals surface area contributed by atoms with E-state index in [0.717, 1.165) is 0 Å². The van der Waals surface area contributed by atoms with Crippen molar-refractivity contribution < 1.29 is 0 Å². The van der Waals surface area contributed by atoms with Crippen molar-refractivity contribution in [3.8, 4) is 33.4 Å². The Labute approximate surface area is 162 Å². The van der Waals surface area contributed by atoms with E-state index in [9.17, 15) is 0 Å². The fourth-order valence-corrected chi connectivity index (χ4v) is 3.77. The van der Waals surface area contributed by atoms with Gasteiger partial charge in [0, 0.05) is 3.57 Å². The zero-order chi connectivity index (χ0) is 17.1. The van der Waals surface area contributed by atoms with Crippen LogP contribution in [0.1, 0.15) is 0 Å². The predicted octanol–water partition coefficient (Wildman–Crippen LogP) is 7.29. The number of hydrogen-bond donors (Lipinski definition) is 0. The Morgan fingerprint density at radius 1 is 0.400 bits per heavy atom. The third-order valence-electron chi connectivity index (χ3n) is 4.33. The molecule has 0 spiro atoms. The van der Waals surface area contributed by atoms with Gasteiger partial charge in [-0.2, -0.15) is 0 Å². The van der Waals surface area contributed by atoms with E-state index in [2.05, 4.69) is 126 Å². The smallest absolute Gasteiger partial charge is 0.0208 e. The molecule has 1 heteroatoms. The van der Waals surface area contributed by atoms with E-state index in [4.69, 9.17) is 0 Å². The van der Waals surface area contributed by atoms with E-state index in [0.29, 0.717) is 0 Å². The van der Waals surface area contributed by atoms with E-state index >= 15 is 0 Å². The van der Waals surface area contributed by atoms with Gasteiger partial charge in [-0.05, 0) is 80.2 Å². The molecule has 0 bridgehead atoms. The van der Waals surface area contributed by atoms with E-state index in [1.54, 1.807) is 0 Å². The van der Waals surface area contributed by atoms with E-state index < -0.39 is 0 Å². The molecule has 0 heterocycles. The summed E-state index contributed by atoms with van der Waals surface area (Å²) >= 11 is 2.42. The van der Waals surface area contributed by atoms with Gasteiger partial charge in [0.25, 0.3) is 0 Å². The molecule has 0 aromatic heterocycles. The van der Waals surface area contributed by atoms with Crippen LogP contribution in [0.2, 0.25) is 0 Å². The molecule has 120 valence electrons. The lowest BCUT2D eigenvalue weighted by atomic mass is 9.93. The van der Waals surface area contributed by atoms with Crippen molar-refractivity contribution in [2.45, 2.75) is 0 Å². The average Bonchev–Trinajstić information content (AvgIpc) is 2.69. The number of benzene rings is 4. The maximum Gasteiger partial charge on any atom is 0.0208 e. The number of halogens is 1. The SMILES string of the molecule is Ic1ccccc1-c1cc(-c2ccccc2)cc(-c2ccccc2)c1. The molecule has 4 rings (SSSR count). The quantitative estimate of drug-likeness (QED) is 0.298. The Morgan fingerprint density at radius 3 is 1.36 bits per heavy atom. The van der Waals surface area contributed by atoms with Crippen LogP contribution in [0.4, 0.5) is 0 Å². The van der Waals surface area contributed by atoms with Crippen molar-refractivity contribution in [3.63, 3.8) is 0 Å². The van der Waals surface area contributed by atoms with Crippen molar-refractivity contribution >= 4 is 22.6 Å². The molecule has 0 unspecified atom stereocenters. The van der Waals surface area contributed by atoms with Crippen molar-refractivity contribution in [3.05, 3.63) is 107 Å². The lowest BCUT2D eigenvalue weighted by molar-refractivity contribution is 1.55. The second-order valence-corrected chi connectivity index (χ2v) is 7.17. The van der Waals surface area contributed by atoms with Crippen LogP contribution in [-0.2, 0) is 0 Å². The summed E-state index contributed by atoms with van der Waals surface area (Å²) in [6, 6.07) is 36.6. The summed E-state index contributed by atoms with van der Waals surface area (Å²) in [4.78, 5) is 0. The van der Waals surface area contributed by atoms with E-state index in [1.807, 2.05) is 0 Å². The molecule has 0 aliphatic heterocycles. The molecular formula is C24H17I. The topological polar surface area (TPSA) is 0 Å². The van der Waals surface area contributed by atoms with Crippen LogP contribution < -0.4 is 0 Å². The number of rotatable bonds is 3. The standard InChI is InChI=1S/C24H17I/c25-24-14-8-7-13-23(24)22-16-20(18-9-3-1-4-10-18)15-21(17-22)19-11-5-2-6-12-19/h1-17H. The molecule has 0 fully saturated rings. The first-order valence-corrected chi connectivity index (χ1v) is 9.40. The largest absolute Gasteiger partial charge is 0.0622 e. The van der Waals surface area contributed by atoms with E-state index in [-0.39, 0.29) is 0 Å². The summed E-state index contributed by atoms with van der Waals surface area (Å²) in [7, 11) is 0. The normalized spacial score (nSPS) is 10.6. The van der Waals surface area contributed by atoms with Crippen LogP contribution in [0.5, 0.6) is 0 Å². The van der Waals surface area contributed by atoms with Gasteiger partial charge in [0.1, 0.15) is 0 Å². The summed E-state index contributed by atoms with van der Waals surface area (Å²) < 4.78 is 1.27. The van der Waals surface area contributed by atoms with Crippen molar-refractivity contribution in [1.82, 2.24) is 0 Å². The second kappa shape index (κ2) is 7.24. The van der Waals surface area contributed by atoms with Gasteiger partial charge < -0.3 is 0 Å². The molecule has 25 heavy (non-hydrogen) atoms. The van der Waals surface area contributed by atoms with Gasteiger partial charge in [-0.3, -0.25) is 0 Å². The third-order valence-corrected chi connectivity index (χ3v) is 5.27. The fourth-order valence-electron chi connectivity index (χ4n) is 3.07. The Balaban J connectivity index is 1.94. The highest BCUT2D eigenvalue weighted by atomic mass is 127. The van der Waals surface area contributed by atoms with Crippen LogP contribution in [0.3, 0.4) is 0 Å². The third kappa shape index (κ3) is 3.52. The summed E-state index contributed by atoms with van der Waals surface area (Å²) in [5, 5.41) is 0. The van der Waals surface area contributed by atoms with Crippen LogP contribution >= 0.6 is 22.6 Å². The molecule has 0 amide bonds. The highest BCUT2D eigenvalue weighted by molar-refractivity contribution is 14.1. The lowest BCUT2D eigenvalue weighted by Crippen LogP contribution is -1.87. The summed E-state index contributed by atoms with van der Waals surface area (Å²) in [5.41, 5.74) is 7.51. The summed E-state index contributed by atoms with van der Waals surface area (Å²) in [6.45, 7) is 0. The average molecular weight is 432 g/mol. The van der Waals surface area contributed by atoms with Crippen molar-refractivity contribution in [2.75, 3.05) is 0 Å². The highest BCUT2D eigenvalue weighted by Crippen LogP contribution is 2.34. The van der Waals surface area contributed by atoms with Crippen LogP contribution in [0, 0.1) is 3.57 Å². The molecule has 0 atom stereocenters.